The quantitative estimate of drug-likeness (QED) is 0.0958. The Hall–Kier alpha value is -7.90. The maximum Gasteiger partial charge on any atom is 0.0889 e. The molecular weight excluding hydrogens is 859 g/mol. The first-order valence-electron chi connectivity index (χ1n) is 23.2. The molecule has 69 heavy (non-hydrogen) atoms. The topological polar surface area (TPSA) is 38.4 Å². The highest BCUT2D eigenvalue weighted by atomic mass is 32.1. The SMILES string of the molecule is C=C/C=C\C=C.C=CC=NC.C=Cc1c(C=C)n(-c2ccc3sc4cccnc4c3c2)c2cc(-c3ccc4c(c3)c3ccccc3n4CN(C)Cc3ccccc3)ccc12.CC.Cc1ccccc1. The molecule has 0 amide bonds. The molecule has 0 fully saturated rings. The Kier molecular flexibility index (Phi) is 18.5. The van der Waals surface area contributed by atoms with E-state index < -0.39 is 0 Å². The molecule has 0 aliphatic carbocycles. The summed E-state index contributed by atoms with van der Waals surface area (Å²) in [6.07, 6.45) is 16.1. The summed E-state index contributed by atoms with van der Waals surface area (Å²) in [5.41, 5.74) is 12.8. The van der Waals surface area contributed by atoms with Crippen LogP contribution < -0.4 is 0 Å². The van der Waals surface area contributed by atoms with Crippen LogP contribution in [0.15, 0.2) is 226 Å². The second-order valence-electron chi connectivity index (χ2n) is 15.9. The lowest BCUT2D eigenvalue weighted by molar-refractivity contribution is 0.269. The molecule has 0 radical (unpaired) electrons. The molecule has 0 spiro atoms. The second kappa shape index (κ2) is 25.3. The van der Waals surface area contributed by atoms with Gasteiger partial charge in [-0.15, -0.1) is 11.3 Å². The number of rotatable bonds is 11. The fourth-order valence-corrected chi connectivity index (χ4v) is 9.34. The number of para-hydroxylation sites is 1. The van der Waals surface area contributed by atoms with E-state index in [0.29, 0.717) is 0 Å². The van der Waals surface area contributed by atoms with Gasteiger partial charge in [0.15, 0.2) is 0 Å². The molecule has 0 saturated carbocycles. The van der Waals surface area contributed by atoms with E-state index in [2.05, 4.69) is 193 Å². The molecule has 0 unspecified atom stereocenters. The maximum absolute atomic E-state index is 4.73. The van der Waals surface area contributed by atoms with Crippen molar-refractivity contribution >= 4 is 82.7 Å². The third-order valence-corrected chi connectivity index (χ3v) is 12.4. The normalized spacial score (nSPS) is 10.8. The minimum absolute atomic E-state index is 0.797. The zero-order valence-corrected chi connectivity index (χ0v) is 41.5. The van der Waals surface area contributed by atoms with Gasteiger partial charge in [0.1, 0.15) is 0 Å². The standard InChI is InChI=1S/C44H34N4S.C7H8.C6H8.C4H7N.C2H6/c1-4-33-35-20-17-31(25-41(35)48(38(33)5-2)32-19-22-42-37(26-32)44-43(49-42)16-11-23-45-44)30-18-21-40-36(24-30)34-14-9-10-15-39(34)47(40)28-46(3)27-29-12-7-6-8-13-29;1-7-5-3-2-4-6-7;1-3-5-6-4-2;1-3-4-5-2;1-2/h4-26H,1-2,27-28H2,3H3;2-6H,1H3;3-6H,1-2H2;3-4H,1H2,2H3;1-2H3/b;;6-5-;;. The molecule has 5 nitrogen and oxygen atoms in total. The molecule has 10 rings (SSSR count). The van der Waals surface area contributed by atoms with Crippen LogP contribution in [-0.2, 0) is 13.2 Å². The lowest BCUT2D eigenvalue weighted by Crippen LogP contribution is -2.21. The molecular formula is C63H63N5S. The Balaban J connectivity index is 0.000000330. The number of fused-ring (bicyclic) bond motifs is 7. The van der Waals surface area contributed by atoms with Crippen LogP contribution in [-0.4, -0.2) is 39.3 Å². The van der Waals surface area contributed by atoms with Crippen LogP contribution in [0.5, 0.6) is 0 Å². The van der Waals surface area contributed by atoms with Crippen molar-refractivity contribution in [3.63, 3.8) is 0 Å². The third-order valence-electron chi connectivity index (χ3n) is 11.3. The fourth-order valence-electron chi connectivity index (χ4n) is 8.30. The highest BCUT2D eigenvalue weighted by Gasteiger charge is 2.18. The lowest BCUT2D eigenvalue weighted by atomic mass is 10.0. The smallest absolute Gasteiger partial charge is 0.0889 e. The van der Waals surface area contributed by atoms with Gasteiger partial charge in [-0.25, -0.2) is 0 Å². The molecule has 0 aliphatic rings. The first kappa shape index (κ1) is 50.5. The number of aryl methyl sites for hydroxylation is 1. The Morgan fingerprint density at radius 3 is 1.91 bits per heavy atom. The van der Waals surface area contributed by atoms with E-state index in [1.165, 1.54) is 58.8 Å². The molecule has 6 heteroatoms. The van der Waals surface area contributed by atoms with Crippen LogP contribution in [0, 0.1) is 6.92 Å². The van der Waals surface area contributed by atoms with Crippen LogP contribution in [0.3, 0.4) is 0 Å². The highest BCUT2D eigenvalue weighted by molar-refractivity contribution is 7.25. The molecule has 0 saturated heterocycles. The van der Waals surface area contributed by atoms with Crippen molar-refractivity contribution in [3.05, 3.63) is 244 Å². The van der Waals surface area contributed by atoms with Gasteiger partial charge in [0.2, 0.25) is 0 Å². The summed E-state index contributed by atoms with van der Waals surface area (Å²) in [5, 5.41) is 4.85. The van der Waals surface area contributed by atoms with Crippen LogP contribution in [0.1, 0.15) is 36.2 Å². The number of pyridine rings is 1. The highest BCUT2D eigenvalue weighted by Crippen LogP contribution is 2.39. The van der Waals surface area contributed by atoms with Crippen molar-refractivity contribution in [1.82, 2.24) is 19.0 Å². The number of nitrogens with zero attached hydrogens (tertiary/aromatic N) is 5. The van der Waals surface area contributed by atoms with Crippen molar-refractivity contribution in [1.29, 1.82) is 0 Å². The van der Waals surface area contributed by atoms with E-state index in [0.717, 1.165) is 46.6 Å². The van der Waals surface area contributed by atoms with E-state index in [-0.39, 0.29) is 0 Å². The van der Waals surface area contributed by atoms with Gasteiger partial charge >= 0.3 is 0 Å². The predicted molar refractivity (Wildman–Crippen MR) is 307 cm³/mol. The summed E-state index contributed by atoms with van der Waals surface area (Å²) in [5.74, 6) is 0. The third kappa shape index (κ3) is 12.0. The molecule has 0 aliphatic heterocycles. The minimum Gasteiger partial charge on any atom is -0.327 e. The predicted octanol–water partition coefficient (Wildman–Crippen LogP) is 17.4. The van der Waals surface area contributed by atoms with Crippen molar-refractivity contribution in [2.24, 2.45) is 4.99 Å². The van der Waals surface area contributed by atoms with E-state index in [1.807, 2.05) is 68.6 Å². The minimum atomic E-state index is 0.797. The van der Waals surface area contributed by atoms with Crippen molar-refractivity contribution in [2.75, 3.05) is 14.1 Å². The molecule has 346 valence electrons. The molecule has 0 atom stereocenters. The van der Waals surface area contributed by atoms with Gasteiger partial charge in [0, 0.05) is 63.5 Å². The van der Waals surface area contributed by atoms with Crippen LogP contribution in [0.2, 0.25) is 0 Å². The van der Waals surface area contributed by atoms with Crippen molar-refractivity contribution in [3.8, 4) is 16.8 Å². The van der Waals surface area contributed by atoms with Gasteiger partial charge in [-0.2, -0.15) is 0 Å². The molecule has 10 aromatic rings. The Morgan fingerprint density at radius 1 is 0.609 bits per heavy atom. The summed E-state index contributed by atoms with van der Waals surface area (Å²) >= 11 is 1.78. The molecule has 6 aromatic carbocycles. The number of thiophene rings is 1. The summed E-state index contributed by atoms with van der Waals surface area (Å²) in [6, 6.07) is 54.2. The lowest BCUT2D eigenvalue weighted by Gasteiger charge is -2.19. The second-order valence-corrected chi connectivity index (χ2v) is 17.0. The van der Waals surface area contributed by atoms with Gasteiger partial charge in [0.05, 0.1) is 39.1 Å². The monoisotopic (exact) mass is 921 g/mol. The number of aromatic nitrogens is 3. The van der Waals surface area contributed by atoms with Crippen LogP contribution in [0.25, 0.3) is 82.0 Å². The zero-order valence-electron chi connectivity index (χ0n) is 40.7. The van der Waals surface area contributed by atoms with Gasteiger partial charge in [-0.05, 0) is 91.3 Å². The summed E-state index contributed by atoms with van der Waals surface area (Å²) < 4.78 is 7.20. The maximum atomic E-state index is 4.73. The molecule has 0 bridgehead atoms. The van der Waals surface area contributed by atoms with Crippen LogP contribution >= 0.6 is 11.3 Å². The van der Waals surface area contributed by atoms with Crippen molar-refractivity contribution < 1.29 is 0 Å². The van der Waals surface area contributed by atoms with Gasteiger partial charge in [-0.1, -0.05) is 186 Å². The first-order valence-corrected chi connectivity index (χ1v) is 24.0. The summed E-state index contributed by atoms with van der Waals surface area (Å²) in [4.78, 5) is 10.7. The largest absolute Gasteiger partial charge is 0.327 e. The fraction of sp³-hybridized carbons (Fsp3) is 0.111. The molecule has 4 aromatic heterocycles. The Morgan fingerprint density at radius 2 is 1.28 bits per heavy atom. The van der Waals surface area contributed by atoms with E-state index >= 15 is 0 Å². The number of allylic oxidation sites excluding steroid dienone is 5. The first-order chi connectivity index (χ1) is 33.8. The van der Waals surface area contributed by atoms with Gasteiger partial charge in [0.25, 0.3) is 0 Å². The van der Waals surface area contributed by atoms with Crippen molar-refractivity contribution in [2.45, 2.75) is 34.0 Å². The Bertz CT molecular complexity index is 3370. The van der Waals surface area contributed by atoms with Crippen LogP contribution in [0.4, 0.5) is 0 Å². The summed E-state index contributed by atoms with van der Waals surface area (Å²) in [7, 11) is 3.90. The average molecular weight is 922 g/mol. The van der Waals surface area contributed by atoms with Gasteiger partial charge in [-0.3, -0.25) is 14.9 Å². The number of hydrogen-bond donors (Lipinski definition) is 0. The van der Waals surface area contributed by atoms with E-state index in [1.54, 1.807) is 42.8 Å². The van der Waals surface area contributed by atoms with Gasteiger partial charge < -0.3 is 9.13 Å². The molecule has 4 heterocycles. The summed E-state index contributed by atoms with van der Waals surface area (Å²) in [6.45, 7) is 26.5. The number of benzene rings is 6. The Labute approximate surface area is 413 Å². The number of aliphatic imine (C=N–C) groups is 1. The average Bonchev–Trinajstić information content (AvgIpc) is 4.04. The zero-order chi connectivity index (χ0) is 49.1. The molecule has 0 N–H and O–H groups in total. The number of hydrogen-bond acceptors (Lipinski definition) is 4. The van der Waals surface area contributed by atoms with E-state index in [4.69, 9.17) is 4.98 Å². The van der Waals surface area contributed by atoms with E-state index in [9.17, 15) is 0 Å².